The molecule has 4 atom stereocenters. The minimum Gasteiger partial charge on any atom is -0.382 e. The maximum atomic E-state index is 11.4. The number of ether oxygens (including phenoxy) is 1. The molecule has 11 heteroatoms. The molecule has 1 unspecified atom stereocenters. The van der Waals surface area contributed by atoms with Gasteiger partial charge in [-0.1, -0.05) is 0 Å². The Hall–Kier alpha value is -1.58. The molecule has 0 aromatic carbocycles. The van der Waals surface area contributed by atoms with Crippen molar-refractivity contribution in [2.45, 2.75) is 24.9 Å². The molecule has 2 saturated heterocycles. The first-order valence-corrected chi connectivity index (χ1v) is 7.77. The van der Waals surface area contributed by atoms with Gasteiger partial charge in [-0.25, -0.2) is 19.5 Å². The molecule has 0 aliphatic carbocycles. The van der Waals surface area contributed by atoms with Gasteiger partial charge in [0.2, 0.25) is 0 Å². The van der Waals surface area contributed by atoms with Gasteiger partial charge in [-0.3, -0.25) is 13.6 Å². The van der Waals surface area contributed by atoms with Crippen LogP contribution in [-0.2, 0) is 18.3 Å². The van der Waals surface area contributed by atoms with Gasteiger partial charge in [-0.05, 0) is 0 Å². The second-order valence-electron chi connectivity index (χ2n) is 4.86. The van der Waals surface area contributed by atoms with Crippen molar-refractivity contribution in [3.8, 4) is 0 Å². The highest BCUT2D eigenvalue weighted by Gasteiger charge is 2.46. The number of phosphoric ester groups is 1. The van der Waals surface area contributed by atoms with Crippen molar-refractivity contribution in [1.82, 2.24) is 19.5 Å². The Kier molecular flexibility index (Phi) is 2.78. The largest absolute Gasteiger partial charge is 0.472 e. The van der Waals surface area contributed by atoms with Crippen molar-refractivity contribution in [2.75, 3.05) is 12.3 Å². The van der Waals surface area contributed by atoms with Gasteiger partial charge in [-0.15, -0.1) is 0 Å². The van der Waals surface area contributed by atoms with Crippen LogP contribution < -0.4 is 5.73 Å². The van der Waals surface area contributed by atoms with E-state index in [4.69, 9.17) is 19.5 Å². The molecule has 0 radical (unpaired) electrons. The van der Waals surface area contributed by atoms with Crippen LogP contribution in [0.5, 0.6) is 0 Å². The van der Waals surface area contributed by atoms with Crippen LogP contribution in [0.25, 0.3) is 11.2 Å². The second-order valence-corrected chi connectivity index (χ2v) is 6.26. The molecule has 4 rings (SSSR count). The molecule has 0 spiro atoms. The number of aromatic nitrogens is 4. The van der Waals surface area contributed by atoms with Gasteiger partial charge in [0.1, 0.15) is 30.3 Å². The molecule has 112 valence electrons. The van der Waals surface area contributed by atoms with Gasteiger partial charge in [0, 0.05) is 6.42 Å². The minimum absolute atomic E-state index is 0.0126. The predicted octanol–water partition coefficient (Wildman–Crippen LogP) is 0.212. The molecule has 10 nitrogen and oxygen atoms in total. The number of nitrogen functional groups attached to an aromatic ring is 1. The van der Waals surface area contributed by atoms with Crippen LogP contribution >= 0.6 is 7.82 Å². The van der Waals surface area contributed by atoms with Crippen LogP contribution in [0.2, 0.25) is 0 Å². The van der Waals surface area contributed by atoms with E-state index in [0.717, 1.165) is 0 Å². The summed E-state index contributed by atoms with van der Waals surface area (Å²) in [6, 6.07) is 0. The smallest absolute Gasteiger partial charge is 0.382 e. The maximum absolute atomic E-state index is 11.4. The van der Waals surface area contributed by atoms with Crippen LogP contribution in [-0.4, -0.2) is 43.2 Å². The molecule has 2 aromatic heterocycles. The third-order valence-electron chi connectivity index (χ3n) is 3.55. The molecule has 0 amide bonds. The van der Waals surface area contributed by atoms with Gasteiger partial charge in [0.05, 0.1) is 12.9 Å². The first kappa shape index (κ1) is 13.1. The molecule has 0 saturated carbocycles. The molecule has 0 bridgehead atoms. The van der Waals surface area contributed by atoms with Crippen LogP contribution in [0.15, 0.2) is 12.7 Å². The highest BCUT2D eigenvalue weighted by molar-refractivity contribution is 7.47. The van der Waals surface area contributed by atoms with Gasteiger partial charge < -0.3 is 15.4 Å². The number of hydrogen-bond acceptors (Lipinski definition) is 8. The standard InChI is InChI=1S/C10H12N5O5P/c11-9-8-10(13-3-12-9)15(4-14-8)7-1-5-6(19-7)2-18-21(16,17)20-5/h3-7H,1-2H2,(H,16,17)(H2,11,12,13)/t5-,6+,7-/m1/s1. The quantitative estimate of drug-likeness (QED) is 0.708. The van der Waals surface area contributed by atoms with Crippen molar-refractivity contribution in [3.05, 3.63) is 12.7 Å². The molecular formula is C10H12N5O5P. The lowest BCUT2D eigenvalue weighted by atomic mass is 10.2. The number of fused-ring (bicyclic) bond motifs is 2. The normalized spacial score (nSPS) is 36.0. The Balaban J connectivity index is 1.66. The summed E-state index contributed by atoms with van der Waals surface area (Å²) < 4.78 is 28.7. The Bertz CT molecular complexity index is 751. The molecule has 2 aromatic rings. The highest BCUT2D eigenvalue weighted by Crippen LogP contribution is 2.52. The van der Waals surface area contributed by atoms with E-state index in [1.807, 2.05) is 0 Å². The summed E-state index contributed by atoms with van der Waals surface area (Å²) in [5, 5.41) is 0. The molecule has 2 aliphatic rings. The number of imidazole rings is 1. The van der Waals surface area contributed by atoms with Crippen molar-refractivity contribution in [2.24, 2.45) is 0 Å². The zero-order chi connectivity index (χ0) is 14.6. The minimum atomic E-state index is -3.97. The number of nitrogens with two attached hydrogens (primary N) is 1. The average molecular weight is 313 g/mol. The van der Waals surface area contributed by atoms with Crippen LogP contribution in [0.4, 0.5) is 5.82 Å². The number of rotatable bonds is 1. The number of anilines is 1. The summed E-state index contributed by atoms with van der Waals surface area (Å²) in [5.74, 6) is 0.286. The van der Waals surface area contributed by atoms with Gasteiger partial charge >= 0.3 is 7.82 Å². The highest BCUT2D eigenvalue weighted by atomic mass is 31.2. The Morgan fingerprint density at radius 1 is 1.38 bits per heavy atom. The number of hydrogen-bond donors (Lipinski definition) is 2. The van der Waals surface area contributed by atoms with E-state index in [0.29, 0.717) is 17.6 Å². The van der Waals surface area contributed by atoms with E-state index >= 15 is 0 Å². The Morgan fingerprint density at radius 3 is 3.10 bits per heavy atom. The second kappa shape index (κ2) is 4.46. The Morgan fingerprint density at radius 2 is 2.24 bits per heavy atom. The van der Waals surface area contributed by atoms with Gasteiger partial charge in [-0.2, -0.15) is 0 Å². The molecule has 2 aliphatic heterocycles. The molecule has 21 heavy (non-hydrogen) atoms. The third-order valence-corrected chi connectivity index (χ3v) is 4.56. The zero-order valence-electron chi connectivity index (χ0n) is 10.7. The van der Waals surface area contributed by atoms with E-state index in [-0.39, 0.29) is 12.4 Å². The van der Waals surface area contributed by atoms with Gasteiger partial charge in [0.15, 0.2) is 11.5 Å². The summed E-state index contributed by atoms with van der Waals surface area (Å²) in [6.45, 7) is 0.0126. The lowest BCUT2D eigenvalue weighted by Gasteiger charge is -2.26. The fourth-order valence-electron chi connectivity index (χ4n) is 2.58. The molecule has 3 N–H and O–H groups in total. The maximum Gasteiger partial charge on any atom is 0.472 e. The molecular weight excluding hydrogens is 301 g/mol. The van der Waals surface area contributed by atoms with E-state index in [1.165, 1.54) is 6.33 Å². The van der Waals surface area contributed by atoms with Crippen molar-refractivity contribution < 1.29 is 23.2 Å². The monoisotopic (exact) mass is 313 g/mol. The topological polar surface area (TPSA) is 135 Å². The lowest BCUT2D eigenvalue weighted by molar-refractivity contribution is -0.0661. The van der Waals surface area contributed by atoms with Crippen molar-refractivity contribution in [1.29, 1.82) is 0 Å². The zero-order valence-corrected chi connectivity index (χ0v) is 11.6. The van der Waals surface area contributed by atoms with Crippen molar-refractivity contribution in [3.63, 3.8) is 0 Å². The predicted molar refractivity (Wildman–Crippen MR) is 68.9 cm³/mol. The van der Waals surface area contributed by atoms with E-state index in [1.54, 1.807) is 10.9 Å². The summed E-state index contributed by atoms with van der Waals surface area (Å²) in [6.07, 6.45) is 1.97. The SMILES string of the molecule is Nc1ncnc2c1ncn2[C@H]1C[C@H]2OP(=O)(O)OC[C@@H]2O1. The fraction of sp³-hybridized carbons (Fsp3) is 0.500. The van der Waals surface area contributed by atoms with E-state index in [9.17, 15) is 9.46 Å². The average Bonchev–Trinajstić information content (AvgIpc) is 3.01. The lowest BCUT2D eigenvalue weighted by Crippen LogP contribution is -2.32. The summed E-state index contributed by atoms with van der Waals surface area (Å²) in [4.78, 5) is 21.5. The summed E-state index contributed by atoms with van der Waals surface area (Å²) in [7, 11) is -3.97. The Labute approximate surface area is 118 Å². The third kappa shape index (κ3) is 2.12. The number of phosphoric acid groups is 1. The summed E-state index contributed by atoms with van der Waals surface area (Å²) in [5.41, 5.74) is 6.77. The molecule has 2 fully saturated rings. The summed E-state index contributed by atoms with van der Waals surface area (Å²) >= 11 is 0. The fourth-order valence-corrected chi connectivity index (χ4v) is 3.54. The van der Waals surface area contributed by atoms with Crippen LogP contribution in [0.3, 0.4) is 0 Å². The van der Waals surface area contributed by atoms with Gasteiger partial charge in [0.25, 0.3) is 0 Å². The molecule has 4 heterocycles. The first-order chi connectivity index (χ1) is 10.0. The van der Waals surface area contributed by atoms with Crippen LogP contribution in [0, 0.1) is 0 Å². The van der Waals surface area contributed by atoms with Crippen LogP contribution in [0.1, 0.15) is 12.6 Å². The first-order valence-electron chi connectivity index (χ1n) is 6.28. The number of nitrogens with zero attached hydrogens (tertiary/aromatic N) is 4. The van der Waals surface area contributed by atoms with E-state index < -0.39 is 26.3 Å². The van der Waals surface area contributed by atoms with Crippen molar-refractivity contribution >= 4 is 24.8 Å². The van der Waals surface area contributed by atoms with E-state index in [2.05, 4.69) is 15.0 Å².